The number of nitrogens with two attached hydrogens (primary N) is 1. The molecule has 0 aromatic heterocycles. The number of hydrogen-bond acceptors (Lipinski definition) is 3. The van der Waals surface area contributed by atoms with Crippen LogP contribution in [0.5, 0.6) is 0 Å². The van der Waals surface area contributed by atoms with Gasteiger partial charge in [0.15, 0.2) is 5.79 Å². The first-order chi connectivity index (χ1) is 8.77. The van der Waals surface area contributed by atoms with Gasteiger partial charge in [-0.2, -0.15) is 0 Å². The lowest BCUT2D eigenvalue weighted by atomic mass is 9.99. The van der Waals surface area contributed by atoms with Crippen LogP contribution in [0.2, 0.25) is 5.02 Å². The lowest BCUT2D eigenvalue weighted by molar-refractivity contribution is -0.171. The van der Waals surface area contributed by atoms with Crippen LogP contribution in [-0.2, 0) is 15.3 Å². The first kappa shape index (κ1) is 13.8. The normalized spacial score (nSPS) is 18.1. The maximum Gasteiger partial charge on any atom is 0.194 e. The van der Waals surface area contributed by atoms with Gasteiger partial charge in [-0.1, -0.05) is 30.2 Å². The summed E-state index contributed by atoms with van der Waals surface area (Å²) >= 11 is 5.91. The van der Waals surface area contributed by atoms with Crippen LogP contribution >= 0.6 is 11.6 Å². The summed E-state index contributed by atoms with van der Waals surface area (Å²) in [5.41, 5.74) is 6.56. The van der Waals surface area contributed by atoms with Gasteiger partial charge in [0.2, 0.25) is 0 Å². The highest BCUT2D eigenvalue weighted by atomic mass is 35.5. The molecule has 3 nitrogen and oxygen atoms in total. The highest BCUT2D eigenvalue weighted by Crippen LogP contribution is 2.36. The number of hydrogen-bond donors (Lipinski definition) is 1. The van der Waals surface area contributed by atoms with Gasteiger partial charge in [0.05, 0.1) is 13.2 Å². The van der Waals surface area contributed by atoms with Crippen LogP contribution in [0.25, 0.3) is 0 Å². The van der Waals surface area contributed by atoms with E-state index >= 15 is 0 Å². The molecule has 0 spiro atoms. The molecular weight excluding hydrogens is 250 g/mol. The third kappa shape index (κ3) is 3.23. The number of ether oxygens (including phenoxy) is 2. The highest BCUT2D eigenvalue weighted by Gasteiger charge is 2.37. The molecule has 1 heterocycles. The van der Waals surface area contributed by atoms with Crippen molar-refractivity contribution in [1.82, 2.24) is 0 Å². The van der Waals surface area contributed by atoms with Gasteiger partial charge in [-0.05, 0) is 31.5 Å². The van der Waals surface area contributed by atoms with E-state index in [2.05, 4.69) is 0 Å². The Bertz CT molecular complexity index is 361. The lowest BCUT2D eigenvalue weighted by Gasteiger charge is -2.28. The zero-order chi connectivity index (χ0) is 12.8. The molecule has 0 aliphatic carbocycles. The molecule has 1 aromatic rings. The van der Waals surface area contributed by atoms with Crippen molar-refractivity contribution in [3.63, 3.8) is 0 Å². The maximum atomic E-state index is 5.91. The van der Waals surface area contributed by atoms with Crippen molar-refractivity contribution < 1.29 is 9.47 Å². The molecule has 100 valence electrons. The number of benzene rings is 1. The van der Waals surface area contributed by atoms with Crippen molar-refractivity contribution in [1.29, 1.82) is 0 Å². The molecule has 18 heavy (non-hydrogen) atoms. The largest absolute Gasteiger partial charge is 0.343 e. The van der Waals surface area contributed by atoms with Gasteiger partial charge in [0, 0.05) is 17.0 Å². The molecule has 1 saturated heterocycles. The molecule has 0 atom stereocenters. The Balaban J connectivity index is 2.04. The molecule has 0 unspecified atom stereocenters. The second kappa shape index (κ2) is 6.53. The average Bonchev–Trinajstić information content (AvgIpc) is 2.85. The predicted molar refractivity (Wildman–Crippen MR) is 72.6 cm³/mol. The summed E-state index contributed by atoms with van der Waals surface area (Å²) in [6, 6.07) is 7.72. The van der Waals surface area contributed by atoms with Crippen molar-refractivity contribution in [2.75, 3.05) is 19.8 Å². The van der Waals surface area contributed by atoms with Crippen molar-refractivity contribution >= 4 is 11.6 Å². The molecule has 0 bridgehead atoms. The predicted octanol–water partition coefficient (Wildman–Crippen LogP) is 3.06. The third-order valence-electron chi connectivity index (χ3n) is 3.25. The van der Waals surface area contributed by atoms with Crippen molar-refractivity contribution in [3.05, 3.63) is 34.9 Å². The van der Waals surface area contributed by atoms with E-state index in [1.807, 2.05) is 24.3 Å². The fourth-order valence-electron chi connectivity index (χ4n) is 2.29. The van der Waals surface area contributed by atoms with Crippen molar-refractivity contribution in [2.45, 2.75) is 31.5 Å². The van der Waals surface area contributed by atoms with Crippen LogP contribution in [0, 0.1) is 0 Å². The second-order valence-corrected chi connectivity index (χ2v) is 4.99. The van der Waals surface area contributed by atoms with Gasteiger partial charge in [-0.25, -0.2) is 0 Å². The van der Waals surface area contributed by atoms with Crippen LogP contribution in [0.1, 0.15) is 31.2 Å². The SMILES string of the molecule is NCCCCCC1(c2ccc(Cl)cc2)OCCO1. The molecule has 1 aliphatic rings. The highest BCUT2D eigenvalue weighted by molar-refractivity contribution is 6.30. The summed E-state index contributed by atoms with van der Waals surface area (Å²) < 4.78 is 11.7. The Kier molecular flexibility index (Phi) is 5.01. The average molecular weight is 270 g/mol. The van der Waals surface area contributed by atoms with E-state index < -0.39 is 5.79 Å². The van der Waals surface area contributed by atoms with Crippen molar-refractivity contribution in [2.24, 2.45) is 5.73 Å². The molecule has 0 amide bonds. The van der Waals surface area contributed by atoms with Crippen LogP contribution < -0.4 is 5.73 Å². The Morgan fingerprint density at radius 1 is 1.06 bits per heavy atom. The first-order valence-electron chi connectivity index (χ1n) is 6.51. The summed E-state index contributed by atoms with van der Waals surface area (Å²) in [5, 5.41) is 0.732. The Morgan fingerprint density at radius 3 is 2.33 bits per heavy atom. The summed E-state index contributed by atoms with van der Waals surface area (Å²) in [4.78, 5) is 0. The molecule has 0 radical (unpaired) electrons. The minimum atomic E-state index is -0.570. The van der Waals surface area contributed by atoms with Crippen molar-refractivity contribution in [3.8, 4) is 0 Å². The summed E-state index contributed by atoms with van der Waals surface area (Å²) in [6.45, 7) is 2.05. The Morgan fingerprint density at radius 2 is 1.72 bits per heavy atom. The fraction of sp³-hybridized carbons (Fsp3) is 0.571. The molecule has 2 N–H and O–H groups in total. The summed E-state index contributed by atoms with van der Waals surface area (Å²) in [5.74, 6) is -0.570. The molecule has 2 rings (SSSR count). The third-order valence-corrected chi connectivity index (χ3v) is 3.50. The standard InChI is InChI=1S/C14H20ClNO2/c15-13-6-4-12(5-7-13)14(17-10-11-18-14)8-2-1-3-9-16/h4-7H,1-3,8-11,16H2. The first-order valence-corrected chi connectivity index (χ1v) is 6.89. The van der Waals surface area contributed by atoms with Gasteiger partial charge < -0.3 is 15.2 Å². The van der Waals surface area contributed by atoms with E-state index in [-0.39, 0.29) is 0 Å². The van der Waals surface area contributed by atoms with E-state index in [0.29, 0.717) is 13.2 Å². The minimum Gasteiger partial charge on any atom is -0.343 e. The fourth-order valence-corrected chi connectivity index (χ4v) is 2.42. The van der Waals surface area contributed by atoms with Gasteiger partial charge in [0.1, 0.15) is 0 Å². The van der Waals surface area contributed by atoms with E-state index in [0.717, 1.165) is 42.8 Å². The van der Waals surface area contributed by atoms with Gasteiger partial charge in [0.25, 0.3) is 0 Å². The van der Waals surface area contributed by atoms with E-state index in [4.69, 9.17) is 26.8 Å². The van der Waals surface area contributed by atoms with Gasteiger partial charge in [-0.3, -0.25) is 0 Å². The zero-order valence-electron chi connectivity index (χ0n) is 10.5. The van der Waals surface area contributed by atoms with Crippen LogP contribution in [0.4, 0.5) is 0 Å². The van der Waals surface area contributed by atoms with E-state index in [1.54, 1.807) is 0 Å². The molecule has 1 aliphatic heterocycles. The van der Waals surface area contributed by atoms with E-state index in [9.17, 15) is 0 Å². The molecule has 1 aromatic carbocycles. The quantitative estimate of drug-likeness (QED) is 0.808. The smallest absolute Gasteiger partial charge is 0.194 e. The summed E-state index contributed by atoms with van der Waals surface area (Å²) in [7, 11) is 0. The zero-order valence-corrected chi connectivity index (χ0v) is 11.3. The van der Waals surface area contributed by atoms with Gasteiger partial charge in [-0.15, -0.1) is 0 Å². The molecular formula is C14H20ClNO2. The summed E-state index contributed by atoms with van der Waals surface area (Å²) in [6.07, 6.45) is 4.09. The lowest BCUT2D eigenvalue weighted by Crippen LogP contribution is -2.27. The second-order valence-electron chi connectivity index (χ2n) is 4.56. The maximum absolute atomic E-state index is 5.91. The topological polar surface area (TPSA) is 44.5 Å². The molecule has 1 fully saturated rings. The Hall–Kier alpha value is -0.610. The van der Waals surface area contributed by atoms with Crippen LogP contribution in [0.3, 0.4) is 0 Å². The Labute approximate surface area is 113 Å². The molecule has 0 saturated carbocycles. The molecule has 4 heteroatoms. The van der Waals surface area contributed by atoms with E-state index in [1.165, 1.54) is 0 Å². The van der Waals surface area contributed by atoms with Gasteiger partial charge >= 0.3 is 0 Å². The number of unbranched alkanes of at least 4 members (excludes halogenated alkanes) is 2. The monoisotopic (exact) mass is 269 g/mol. The van der Waals surface area contributed by atoms with Crippen LogP contribution in [-0.4, -0.2) is 19.8 Å². The number of halogens is 1. The van der Waals surface area contributed by atoms with Crippen LogP contribution in [0.15, 0.2) is 24.3 Å². The number of rotatable bonds is 6. The minimum absolute atomic E-state index is 0.570.